The Morgan fingerprint density at radius 2 is 2.46 bits per heavy atom. The third kappa shape index (κ3) is 2.82. The largest absolute Gasteiger partial charge is 0.385 e. The standard InChI is InChI=1S/C9H16N2O2/c1-3-13-7-4-8(12)9-10-5-6-11(9)2/h5-6,8,12H,3-4,7H2,1-2H3. The van der Waals surface area contributed by atoms with E-state index in [1.165, 1.54) is 0 Å². The van der Waals surface area contributed by atoms with Gasteiger partial charge in [0, 0.05) is 39.1 Å². The molecule has 0 saturated heterocycles. The Morgan fingerprint density at radius 3 is 3.00 bits per heavy atom. The maximum Gasteiger partial charge on any atom is 0.137 e. The van der Waals surface area contributed by atoms with Crippen molar-refractivity contribution in [2.24, 2.45) is 7.05 Å². The molecule has 0 amide bonds. The summed E-state index contributed by atoms with van der Waals surface area (Å²) in [5.41, 5.74) is 0. The predicted molar refractivity (Wildman–Crippen MR) is 49.3 cm³/mol. The van der Waals surface area contributed by atoms with Crippen LogP contribution in [0.5, 0.6) is 0 Å². The summed E-state index contributed by atoms with van der Waals surface area (Å²) in [6, 6.07) is 0. The van der Waals surface area contributed by atoms with Crippen LogP contribution in [-0.4, -0.2) is 27.9 Å². The van der Waals surface area contributed by atoms with Crippen molar-refractivity contribution in [3.05, 3.63) is 18.2 Å². The van der Waals surface area contributed by atoms with Crippen LogP contribution in [0.15, 0.2) is 12.4 Å². The fourth-order valence-corrected chi connectivity index (χ4v) is 1.17. The summed E-state index contributed by atoms with van der Waals surface area (Å²) in [5.74, 6) is 0.694. The maximum atomic E-state index is 9.65. The van der Waals surface area contributed by atoms with E-state index in [-0.39, 0.29) is 0 Å². The molecule has 0 aliphatic rings. The molecule has 1 atom stereocenters. The summed E-state index contributed by atoms with van der Waals surface area (Å²) in [7, 11) is 1.87. The lowest BCUT2D eigenvalue weighted by Gasteiger charge is -2.09. The normalized spacial score (nSPS) is 13.2. The molecule has 1 rings (SSSR count). The van der Waals surface area contributed by atoms with Crippen LogP contribution in [0.4, 0.5) is 0 Å². The van der Waals surface area contributed by atoms with E-state index in [9.17, 15) is 5.11 Å². The lowest BCUT2D eigenvalue weighted by Crippen LogP contribution is -2.08. The van der Waals surface area contributed by atoms with Gasteiger partial charge in [-0.2, -0.15) is 0 Å². The van der Waals surface area contributed by atoms with Crippen LogP contribution in [0, 0.1) is 0 Å². The zero-order chi connectivity index (χ0) is 9.68. The molecule has 0 radical (unpaired) electrons. The van der Waals surface area contributed by atoms with Gasteiger partial charge < -0.3 is 14.4 Å². The number of aryl methyl sites for hydroxylation is 1. The summed E-state index contributed by atoms with van der Waals surface area (Å²) in [6.07, 6.45) is 3.57. The van der Waals surface area contributed by atoms with Crippen LogP contribution in [-0.2, 0) is 11.8 Å². The fourth-order valence-electron chi connectivity index (χ4n) is 1.17. The number of ether oxygens (including phenoxy) is 1. The quantitative estimate of drug-likeness (QED) is 0.691. The van der Waals surface area contributed by atoms with Crippen LogP contribution in [0.3, 0.4) is 0 Å². The van der Waals surface area contributed by atoms with Crippen molar-refractivity contribution < 1.29 is 9.84 Å². The Hall–Kier alpha value is -0.870. The van der Waals surface area contributed by atoms with Crippen molar-refractivity contribution in [1.29, 1.82) is 0 Å². The summed E-state index contributed by atoms with van der Waals surface area (Å²) in [5, 5.41) is 9.65. The molecule has 0 aromatic carbocycles. The van der Waals surface area contributed by atoms with E-state index >= 15 is 0 Å². The molecule has 1 aromatic rings. The van der Waals surface area contributed by atoms with Gasteiger partial charge in [0.05, 0.1) is 0 Å². The van der Waals surface area contributed by atoms with Crippen LogP contribution in [0.25, 0.3) is 0 Å². The molecule has 74 valence electrons. The summed E-state index contributed by atoms with van der Waals surface area (Å²) < 4.78 is 6.96. The molecule has 0 bridgehead atoms. The minimum atomic E-state index is -0.522. The predicted octanol–water partition coefficient (Wildman–Crippen LogP) is 0.880. The van der Waals surface area contributed by atoms with Gasteiger partial charge in [-0.25, -0.2) is 4.98 Å². The highest BCUT2D eigenvalue weighted by Gasteiger charge is 2.11. The Kier molecular flexibility index (Phi) is 3.92. The molecular formula is C9H16N2O2. The molecule has 0 aliphatic heterocycles. The zero-order valence-corrected chi connectivity index (χ0v) is 8.10. The van der Waals surface area contributed by atoms with Gasteiger partial charge in [-0.1, -0.05) is 0 Å². The maximum absolute atomic E-state index is 9.65. The Morgan fingerprint density at radius 1 is 1.69 bits per heavy atom. The molecule has 1 heterocycles. The minimum absolute atomic E-state index is 0.522. The third-order valence-electron chi connectivity index (χ3n) is 1.90. The van der Waals surface area contributed by atoms with Crippen molar-refractivity contribution >= 4 is 0 Å². The highest BCUT2D eigenvalue weighted by Crippen LogP contribution is 2.12. The van der Waals surface area contributed by atoms with Crippen LogP contribution in [0.1, 0.15) is 25.3 Å². The van der Waals surface area contributed by atoms with Crippen LogP contribution < -0.4 is 0 Å². The van der Waals surface area contributed by atoms with E-state index < -0.39 is 6.10 Å². The summed E-state index contributed by atoms with van der Waals surface area (Å²) in [4.78, 5) is 4.05. The summed E-state index contributed by atoms with van der Waals surface area (Å²) in [6.45, 7) is 3.20. The number of hydrogen-bond donors (Lipinski definition) is 1. The topological polar surface area (TPSA) is 47.3 Å². The lowest BCUT2D eigenvalue weighted by molar-refractivity contribution is 0.0830. The summed E-state index contributed by atoms with van der Waals surface area (Å²) >= 11 is 0. The van der Waals surface area contributed by atoms with Crippen molar-refractivity contribution in [3.8, 4) is 0 Å². The first-order valence-electron chi connectivity index (χ1n) is 4.48. The molecule has 1 aromatic heterocycles. The highest BCUT2D eigenvalue weighted by molar-refractivity contribution is 4.95. The van der Waals surface area contributed by atoms with Crippen molar-refractivity contribution in [2.45, 2.75) is 19.4 Å². The molecule has 13 heavy (non-hydrogen) atoms. The first-order valence-corrected chi connectivity index (χ1v) is 4.48. The minimum Gasteiger partial charge on any atom is -0.385 e. The van der Waals surface area contributed by atoms with E-state index in [4.69, 9.17) is 4.74 Å². The van der Waals surface area contributed by atoms with Crippen molar-refractivity contribution in [1.82, 2.24) is 9.55 Å². The molecule has 4 heteroatoms. The van der Waals surface area contributed by atoms with Crippen LogP contribution in [0.2, 0.25) is 0 Å². The Bertz CT molecular complexity index is 248. The Balaban J connectivity index is 2.39. The Labute approximate surface area is 78.2 Å². The van der Waals surface area contributed by atoms with Gasteiger partial charge in [-0.15, -0.1) is 0 Å². The number of hydrogen-bond acceptors (Lipinski definition) is 3. The number of rotatable bonds is 5. The van der Waals surface area contributed by atoms with E-state index in [0.717, 1.165) is 0 Å². The first-order chi connectivity index (χ1) is 6.25. The fraction of sp³-hybridized carbons (Fsp3) is 0.667. The van der Waals surface area contributed by atoms with E-state index in [0.29, 0.717) is 25.5 Å². The number of imidazole rings is 1. The SMILES string of the molecule is CCOCCC(O)c1nccn1C. The highest BCUT2D eigenvalue weighted by atomic mass is 16.5. The second-order valence-electron chi connectivity index (χ2n) is 2.90. The number of nitrogens with zero attached hydrogens (tertiary/aromatic N) is 2. The first kappa shape index (κ1) is 10.2. The van der Waals surface area contributed by atoms with Gasteiger partial charge >= 0.3 is 0 Å². The monoisotopic (exact) mass is 184 g/mol. The van der Waals surface area contributed by atoms with Gasteiger partial charge in [0.15, 0.2) is 0 Å². The zero-order valence-electron chi connectivity index (χ0n) is 8.10. The second kappa shape index (κ2) is 4.99. The van der Waals surface area contributed by atoms with Gasteiger partial charge in [-0.3, -0.25) is 0 Å². The second-order valence-corrected chi connectivity index (χ2v) is 2.90. The number of aromatic nitrogens is 2. The third-order valence-corrected chi connectivity index (χ3v) is 1.90. The van der Waals surface area contributed by atoms with Crippen molar-refractivity contribution in [2.75, 3.05) is 13.2 Å². The lowest BCUT2D eigenvalue weighted by atomic mass is 10.2. The average molecular weight is 184 g/mol. The molecule has 4 nitrogen and oxygen atoms in total. The van der Waals surface area contributed by atoms with E-state index in [2.05, 4.69) is 4.98 Å². The van der Waals surface area contributed by atoms with E-state index in [1.807, 2.05) is 24.7 Å². The molecule has 0 aliphatic carbocycles. The molecule has 0 spiro atoms. The van der Waals surface area contributed by atoms with Gasteiger partial charge in [0.1, 0.15) is 11.9 Å². The number of aliphatic hydroxyl groups excluding tert-OH is 1. The van der Waals surface area contributed by atoms with Gasteiger partial charge in [-0.05, 0) is 6.92 Å². The molecule has 0 fully saturated rings. The van der Waals surface area contributed by atoms with Crippen LogP contribution >= 0.6 is 0 Å². The van der Waals surface area contributed by atoms with Gasteiger partial charge in [0.2, 0.25) is 0 Å². The van der Waals surface area contributed by atoms with Gasteiger partial charge in [0.25, 0.3) is 0 Å². The molecule has 0 saturated carbocycles. The van der Waals surface area contributed by atoms with Crippen molar-refractivity contribution in [3.63, 3.8) is 0 Å². The number of aliphatic hydroxyl groups is 1. The van der Waals surface area contributed by atoms with E-state index in [1.54, 1.807) is 6.20 Å². The molecular weight excluding hydrogens is 168 g/mol. The molecule has 1 unspecified atom stereocenters. The molecule has 1 N–H and O–H groups in total. The average Bonchev–Trinajstić information content (AvgIpc) is 2.52. The smallest absolute Gasteiger partial charge is 0.137 e.